The lowest BCUT2D eigenvalue weighted by atomic mass is 10.2. The summed E-state index contributed by atoms with van der Waals surface area (Å²) in [6.45, 7) is 3.30. The molecule has 2 saturated heterocycles. The standard InChI is InChI=1S/C13H22N2O4/c16-12(15-5-3-1-2-4-6-15)10-14-7-8-19-11(9-14)13(17)18/h11H,1-10H2,(H,17,18). The molecular weight excluding hydrogens is 248 g/mol. The molecule has 0 spiro atoms. The van der Waals surface area contributed by atoms with Gasteiger partial charge in [-0.15, -0.1) is 0 Å². The van der Waals surface area contributed by atoms with Gasteiger partial charge in [-0.05, 0) is 12.8 Å². The molecule has 108 valence electrons. The molecule has 2 heterocycles. The molecule has 0 aromatic carbocycles. The fourth-order valence-electron chi connectivity index (χ4n) is 2.61. The highest BCUT2D eigenvalue weighted by Crippen LogP contribution is 2.11. The minimum absolute atomic E-state index is 0.118. The van der Waals surface area contributed by atoms with Gasteiger partial charge in [0.25, 0.3) is 0 Å². The maximum absolute atomic E-state index is 12.2. The third kappa shape index (κ3) is 4.18. The van der Waals surface area contributed by atoms with Crippen molar-refractivity contribution >= 4 is 11.9 Å². The summed E-state index contributed by atoms with van der Waals surface area (Å²) in [5, 5.41) is 8.93. The molecule has 6 nitrogen and oxygen atoms in total. The summed E-state index contributed by atoms with van der Waals surface area (Å²) in [5.41, 5.74) is 0. The van der Waals surface area contributed by atoms with E-state index in [9.17, 15) is 9.59 Å². The van der Waals surface area contributed by atoms with Crippen LogP contribution in [0, 0.1) is 0 Å². The maximum atomic E-state index is 12.2. The number of carboxylic acid groups (broad SMARTS) is 1. The van der Waals surface area contributed by atoms with Gasteiger partial charge in [0.1, 0.15) is 0 Å². The van der Waals surface area contributed by atoms with E-state index in [1.807, 2.05) is 9.80 Å². The lowest BCUT2D eigenvalue weighted by Crippen LogP contribution is -2.50. The van der Waals surface area contributed by atoms with E-state index in [1.54, 1.807) is 0 Å². The smallest absolute Gasteiger partial charge is 0.334 e. The van der Waals surface area contributed by atoms with Gasteiger partial charge in [0.05, 0.1) is 13.2 Å². The number of hydrogen-bond donors (Lipinski definition) is 1. The third-order valence-corrected chi connectivity index (χ3v) is 3.74. The second-order valence-electron chi connectivity index (χ2n) is 5.23. The number of carboxylic acids is 1. The number of likely N-dealkylation sites (tertiary alicyclic amines) is 1. The molecule has 1 amide bonds. The van der Waals surface area contributed by atoms with Crippen LogP contribution >= 0.6 is 0 Å². The van der Waals surface area contributed by atoms with Crippen molar-refractivity contribution in [3.63, 3.8) is 0 Å². The zero-order valence-corrected chi connectivity index (χ0v) is 11.2. The van der Waals surface area contributed by atoms with E-state index < -0.39 is 12.1 Å². The Morgan fingerprint density at radius 1 is 1.11 bits per heavy atom. The van der Waals surface area contributed by atoms with Gasteiger partial charge < -0.3 is 14.7 Å². The summed E-state index contributed by atoms with van der Waals surface area (Å²) >= 11 is 0. The summed E-state index contributed by atoms with van der Waals surface area (Å²) in [6.07, 6.45) is 3.75. The average Bonchev–Trinajstić information content (AvgIpc) is 2.68. The van der Waals surface area contributed by atoms with Crippen molar-refractivity contribution in [1.29, 1.82) is 0 Å². The van der Waals surface area contributed by atoms with Crippen LogP contribution in [0.5, 0.6) is 0 Å². The summed E-state index contributed by atoms with van der Waals surface area (Å²) in [5.74, 6) is -0.833. The Balaban J connectivity index is 1.82. The molecule has 0 saturated carbocycles. The fourth-order valence-corrected chi connectivity index (χ4v) is 2.61. The predicted molar refractivity (Wildman–Crippen MR) is 68.9 cm³/mol. The zero-order valence-electron chi connectivity index (χ0n) is 11.2. The van der Waals surface area contributed by atoms with Crippen LogP contribution in [-0.4, -0.2) is 72.2 Å². The number of carbonyl (C=O) groups is 2. The van der Waals surface area contributed by atoms with Crippen LogP contribution in [0.3, 0.4) is 0 Å². The van der Waals surface area contributed by atoms with E-state index >= 15 is 0 Å². The molecule has 0 bridgehead atoms. The lowest BCUT2D eigenvalue weighted by molar-refractivity contribution is -0.157. The Kier molecular flexibility index (Phi) is 5.15. The van der Waals surface area contributed by atoms with Crippen LogP contribution in [0.1, 0.15) is 25.7 Å². The topological polar surface area (TPSA) is 70.1 Å². The molecule has 2 fully saturated rings. The van der Waals surface area contributed by atoms with Crippen molar-refractivity contribution in [2.45, 2.75) is 31.8 Å². The first-order chi connectivity index (χ1) is 9.16. The number of nitrogens with zero attached hydrogens (tertiary/aromatic N) is 2. The Morgan fingerprint density at radius 3 is 2.42 bits per heavy atom. The number of morpholine rings is 1. The van der Waals surface area contributed by atoms with Gasteiger partial charge in [0, 0.05) is 26.2 Å². The zero-order chi connectivity index (χ0) is 13.7. The normalized spacial score (nSPS) is 25.9. The molecule has 0 aromatic rings. The van der Waals surface area contributed by atoms with Gasteiger partial charge in [-0.2, -0.15) is 0 Å². The van der Waals surface area contributed by atoms with E-state index in [2.05, 4.69) is 0 Å². The number of amides is 1. The molecule has 2 rings (SSSR count). The lowest BCUT2D eigenvalue weighted by Gasteiger charge is -2.32. The van der Waals surface area contributed by atoms with Gasteiger partial charge in [0.2, 0.25) is 5.91 Å². The third-order valence-electron chi connectivity index (χ3n) is 3.74. The molecule has 2 aliphatic heterocycles. The number of carbonyl (C=O) groups excluding carboxylic acids is 1. The average molecular weight is 270 g/mol. The van der Waals surface area contributed by atoms with Gasteiger partial charge in [-0.3, -0.25) is 9.69 Å². The summed E-state index contributed by atoms with van der Waals surface area (Å²) < 4.78 is 5.15. The van der Waals surface area contributed by atoms with Crippen molar-refractivity contribution in [2.75, 3.05) is 39.3 Å². The highest BCUT2D eigenvalue weighted by Gasteiger charge is 2.28. The molecule has 1 unspecified atom stereocenters. The molecule has 1 N–H and O–H groups in total. The van der Waals surface area contributed by atoms with Crippen LogP contribution in [0.4, 0.5) is 0 Å². The van der Waals surface area contributed by atoms with Crippen LogP contribution in [-0.2, 0) is 14.3 Å². The second-order valence-corrected chi connectivity index (χ2v) is 5.23. The quantitative estimate of drug-likeness (QED) is 0.792. The minimum Gasteiger partial charge on any atom is -0.479 e. The molecular formula is C13H22N2O4. The number of ether oxygens (including phenoxy) is 1. The van der Waals surface area contributed by atoms with Crippen LogP contribution < -0.4 is 0 Å². The van der Waals surface area contributed by atoms with Gasteiger partial charge >= 0.3 is 5.97 Å². The monoisotopic (exact) mass is 270 g/mol. The van der Waals surface area contributed by atoms with E-state index in [0.717, 1.165) is 25.9 Å². The van der Waals surface area contributed by atoms with Gasteiger partial charge in [-0.25, -0.2) is 4.79 Å². The van der Waals surface area contributed by atoms with E-state index in [4.69, 9.17) is 9.84 Å². The van der Waals surface area contributed by atoms with Crippen molar-refractivity contribution < 1.29 is 19.4 Å². The maximum Gasteiger partial charge on any atom is 0.334 e. The molecule has 6 heteroatoms. The van der Waals surface area contributed by atoms with Crippen LogP contribution in [0.25, 0.3) is 0 Å². The summed E-state index contributed by atoms with van der Waals surface area (Å²) in [6, 6.07) is 0. The number of hydrogen-bond acceptors (Lipinski definition) is 4. The van der Waals surface area contributed by atoms with Crippen molar-refractivity contribution in [3.8, 4) is 0 Å². The molecule has 19 heavy (non-hydrogen) atoms. The van der Waals surface area contributed by atoms with Crippen molar-refractivity contribution in [3.05, 3.63) is 0 Å². The molecule has 0 aliphatic carbocycles. The Bertz CT molecular complexity index is 327. The summed E-state index contributed by atoms with van der Waals surface area (Å²) in [7, 11) is 0. The Hall–Kier alpha value is -1.14. The van der Waals surface area contributed by atoms with E-state index in [0.29, 0.717) is 26.2 Å². The number of rotatable bonds is 3. The van der Waals surface area contributed by atoms with Gasteiger partial charge in [-0.1, -0.05) is 12.8 Å². The SMILES string of the molecule is O=C(O)C1CN(CC(=O)N2CCCCCC2)CCO1. The first-order valence-electron chi connectivity index (χ1n) is 7.01. The minimum atomic E-state index is -0.952. The predicted octanol–water partition coefficient (Wildman–Crippen LogP) is 0.174. The van der Waals surface area contributed by atoms with E-state index in [1.165, 1.54) is 12.8 Å². The van der Waals surface area contributed by atoms with Crippen LogP contribution in [0.15, 0.2) is 0 Å². The Labute approximate surface area is 113 Å². The first kappa shape index (κ1) is 14.3. The number of aliphatic carboxylic acids is 1. The fraction of sp³-hybridized carbons (Fsp3) is 0.846. The van der Waals surface area contributed by atoms with Crippen molar-refractivity contribution in [1.82, 2.24) is 9.80 Å². The highest BCUT2D eigenvalue weighted by atomic mass is 16.5. The molecule has 1 atom stereocenters. The van der Waals surface area contributed by atoms with Crippen LogP contribution in [0.2, 0.25) is 0 Å². The molecule has 2 aliphatic rings. The van der Waals surface area contributed by atoms with Crippen molar-refractivity contribution in [2.24, 2.45) is 0 Å². The summed E-state index contributed by atoms with van der Waals surface area (Å²) in [4.78, 5) is 26.9. The van der Waals surface area contributed by atoms with E-state index in [-0.39, 0.29) is 5.91 Å². The molecule has 0 aromatic heterocycles. The highest BCUT2D eigenvalue weighted by molar-refractivity contribution is 5.78. The molecule has 0 radical (unpaired) electrons. The Morgan fingerprint density at radius 2 is 1.79 bits per heavy atom. The largest absolute Gasteiger partial charge is 0.479 e. The second kappa shape index (κ2) is 6.86. The first-order valence-corrected chi connectivity index (χ1v) is 7.01. The van der Waals surface area contributed by atoms with Gasteiger partial charge in [0.15, 0.2) is 6.10 Å².